The molecule has 33 heavy (non-hydrogen) atoms. The summed E-state index contributed by atoms with van der Waals surface area (Å²) < 4.78 is 53.3. The summed E-state index contributed by atoms with van der Waals surface area (Å²) in [5.74, 6) is -0.990. The molecule has 0 aliphatic rings. The topological polar surface area (TPSA) is 99.4 Å². The highest BCUT2D eigenvalue weighted by Gasteiger charge is 2.34. The maximum atomic E-state index is 13.4. The molecule has 170 valence electrons. The second-order valence-corrected chi connectivity index (χ2v) is 7.24. The van der Waals surface area contributed by atoms with Gasteiger partial charge < -0.3 is 11.1 Å². The number of hydrogen-bond donors (Lipinski definition) is 2. The Kier molecular flexibility index (Phi) is 6.92. The fraction of sp³-hybridized carbons (Fsp3) is 0.217. The molecule has 1 heterocycles. The number of nitrogens with zero attached hydrogens (tertiary/aromatic N) is 4. The second kappa shape index (κ2) is 9.65. The van der Waals surface area contributed by atoms with Crippen LogP contribution in [0.15, 0.2) is 52.7 Å². The van der Waals surface area contributed by atoms with Crippen molar-refractivity contribution >= 4 is 28.7 Å². The largest absolute Gasteiger partial charge is 0.418 e. The van der Waals surface area contributed by atoms with Crippen LogP contribution in [0.2, 0.25) is 0 Å². The van der Waals surface area contributed by atoms with Gasteiger partial charge in [-0.25, -0.2) is 9.37 Å². The minimum atomic E-state index is -4.83. The van der Waals surface area contributed by atoms with Crippen molar-refractivity contribution in [2.75, 3.05) is 11.1 Å². The second-order valence-electron chi connectivity index (χ2n) is 7.24. The molecule has 0 aliphatic carbocycles. The molecule has 10 heteroatoms. The van der Waals surface area contributed by atoms with Crippen molar-refractivity contribution in [3.05, 3.63) is 70.5 Å². The minimum Gasteiger partial charge on any atom is -0.383 e. The summed E-state index contributed by atoms with van der Waals surface area (Å²) in [5, 5.41) is 20.1. The van der Waals surface area contributed by atoms with Crippen LogP contribution in [0.1, 0.15) is 35.6 Å². The molecule has 0 unspecified atom stereocenters. The Morgan fingerprint density at radius 1 is 1.12 bits per heavy atom. The van der Waals surface area contributed by atoms with E-state index in [0.29, 0.717) is 11.8 Å². The molecule has 0 saturated carbocycles. The predicted octanol–water partition coefficient (Wildman–Crippen LogP) is 7.11. The molecule has 6 nitrogen and oxygen atoms in total. The maximum absolute atomic E-state index is 13.4. The van der Waals surface area contributed by atoms with E-state index in [1.54, 1.807) is 0 Å². The number of anilines is 3. The lowest BCUT2D eigenvalue weighted by Crippen LogP contribution is -2.05. The highest BCUT2D eigenvalue weighted by atomic mass is 19.4. The van der Waals surface area contributed by atoms with Crippen LogP contribution in [-0.2, 0) is 12.6 Å². The van der Waals surface area contributed by atoms with Gasteiger partial charge in [-0.2, -0.15) is 18.4 Å². The molecule has 0 fully saturated rings. The average molecular weight is 456 g/mol. The Morgan fingerprint density at radius 2 is 1.82 bits per heavy atom. The predicted molar refractivity (Wildman–Crippen MR) is 117 cm³/mol. The van der Waals surface area contributed by atoms with Crippen LogP contribution in [0.3, 0.4) is 0 Å². The van der Waals surface area contributed by atoms with Gasteiger partial charge >= 0.3 is 6.18 Å². The third-order valence-electron chi connectivity index (χ3n) is 4.83. The zero-order valence-electron chi connectivity index (χ0n) is 17.8. The summed E-state index contributed by atoms with van der Waals surface area (Å²) in [4.78, 5) is 4.16. The molecule has 2 aromatic carbocycles. The number of halogens is 4. The van der Waals surface area contributed by atoms with E-state index in [1.807, 2.05) is 30.3 Å². The summed E-state index contributed by atoms with van der Waals surface area (Å²) in [7, 11) is 0. The van der Waals surface area contributed by atoms with Crippen molar-refractivity contribution < 1.29 is 17.6 Å². The van der Waals surface area contributed by atoms with E-state index in [1.165, 1.54) is 6.92 Å². The molecule has 3 aromatic rings. The number of nitrogens with one attached hydrogen (secondary N) is 1. The number of nitriles is 1. The highest BCUT2D eigenvalue weighted by Crippen LogP contribution is 2.39. The Bertz CT molecular complexity index is 1230. The van der Waals surface area contributed by atoms with E-state index < -0.39 is 23.2 Å². The van der Waals surface area contributed by atoms with Crippen LogP contribution in [0.5, 0.6) is 0 Å². The van der Waals surface area contributed by atoms with Gasteiger partial charge in [-0.1, -0.05) is 25.5 Å². The maximum Gasteiger partial charge on any atom is 0.418 e. The first kappa shape index (κ1) is 23.7. The molecule has 0 spiro atoms. The van der Waals surface area contributed by atoms with Crippen molar-refractivity contribution in [3.8, 4) is 6.07 Å². The molecular formula is C23H20F4N6. The fourth-order valence-corrected chi connectivity index (χ4v) is 3.17. The van der Waals surface area contributed by atoms with Crippen molar-refractivity contribution in [2.45, 2.75) is 32.9 Å². The fourth-order valence-electron chi connectivity index (χ4n) is 3.17. The van der Waals surface area contributed by atoms with Gasteiger partial charge in [0.05, 0.1) is 16.8 Å². The standard InChI is InChI=1S/C23H20F4N6/c1-3-4-14-5-8-16(9-6-14)30-22-20(13(2)17(12-28)21(29)31-22)33-32-19-10-7-15(24)11-18(19)23(25,26)27/h5-11H,3-4H2,1-2H3,(H3,29,30,31). The summed E-state index contributed by atoms with van der Waals surface area (Å²) in [6.07, 6.45) is -2.92. The van der Waals surface area contributed by atoms with E-state index in [9.17, 15) is 22.8 Å². The zero-order valence-corrected chi connectivity index (χ0v) is 17.8. The summed E-state index contributed by atoms with van der Waals surface area (Å²) in [5.41, 5.74) is 6.18. The Morgan fingerprint density at radius 3 is 2.42 bits per heavy atom. The average Bonchev–Trinajstić information content (AvgIpc) is 2.75. The van der Waals surface area contributed by atoms with Gasteiger partial charge in [0.15, 0.2) is 5.82 Å². The highest BCUT2D eigenvalue weighted by molar-refractivity contribution is 5.76. The smallest absolute Gasteiger partial charge is 0.383 e. The third-order valence-corrected chi connectivity index (χ3v) is 4.83. The van der Waals surface area contributed by atoms with Gasteiger partial charge in [0, 0.05) is 11.3 Å². The number of benzene rings is 2. The van der Waals surface area contributed by atoms with Crippen LogP contribution in [0.25, 0.3) is 0 Å². The van der Waals surface area contributed by atoms with Crippen LogP contribution in [-0.4, -0.2) is 4.98 Å². The van der Waals surface area contributed by atoms with Crippen molar-refractivity contribution in [1.29, 1.82) is 5.26 Å². The first-order chi connectivity index (χ1) is 15.6. The summed E-state index contributed by atoms with van der Waals surface area (Å²) in [6, 6.07) is 11.5. The number of azo groups is 1. The van der Waals surface area contributed by atoms with Crippen molar-refractivity contribution in [1.82, 2.24) is 4.98 Å². The number of nitrogen functional groups attached to an aromatic ring is 1. The lowest BCUT2D eigenvalue weighted by molar-refractivity contribution is -0.137. The van der Waals surface area contributed by atoms with Gasteiger partial charge in [0.2, 0.25) is 0 Å². The molecule has 3 rings (SSSR count). The number of rotatable bonds is 6. The first-order valence-electron chi connectivity index (χ1n) is 9.98. The first-order valence-corrected chi connectivity index (χ1v) is 9.98. The number of aryl methyl sites for hydroxylation is 1. The van der Waals surface area contributed by atoms with Crippen molar-refractivity contribution in [3.63, 3.8) is 0 Å². The van der Waals surface area contributed by atoms with Crippen LogP contribution < -0.4 is 11.1 Å². The molecule has 0 amide bonds. The number of aromatic nitrogens is 1. The lowest BCUT2D eigenvalue weighted by Gasteiger charge is -2.13. The number of hydrogen-bond acceptors (Lipinski definition) is 6. The number of nitrogens with two attached hydrogens (primary N) is 1. The van der Waals surface area contributed by atoms with Gasteiger partial charge in [0.25, 0.3) is 0 Å². The molecule has 1 aromatic heterocycles. The molecule has 0 bridgehead atoms. The van der Waals surface area contributed by atoms with Crippen LogP contribution >= 0.6 is 0 Å². The molecule has 0 radical (unpaired) electrons. The van der Waals surface area contributed by atoms with Gasteiger partial charge in [-0.15, -0.1) is 10.2 Å². The van der Waals surface area contributed by atoms with Gasteiger partial charge in [0.1, 0.15) is 23.4 Å². The normalized spacial score (nSPS) is 11.5. The third kappa shape index (κ3) is 5.44. The summed E-state index contributed by atoms with van der Waals surface area (Å²) >= 11 is 0. The Labute approximate surface area is 187 Å². The molecule has 3 N–H and O–H groups in total. The van der Waals surface area contributed by atoms with E-state index in [-0.39, 0.29) is 28.5 Å². The molecule has 0 aliphatic heterocycles. The lowest BCUT2D eigenvalue weighted by atomic mass is 10.1. The summed E-state index contributed by atoms with van der Waals surface area (Å²) in [6.45, 7) is 3.61. The molecule has 0 saturated heterocycles. The minimum absolute atomic E-state index is 0.0305. The monoisotopic (exact) mass is 456 g/mol. The Hall–Kier alpha value is -4.00. The quantitative estimate of drug-likeness (QED) is 0.305. The van der Waals surface area contributed by atoms with E-state index in [0.717, 1.165) is 30.5 Å². The number of pyridine rings is 1. The molecular weight excluding hydrogens is 436 g/mol. The van der Waals surface area contributed by atoms with Crippen molar-refractivity contribution in [2.24, 2.45) is 10.2 Å². The van der Waals surface area contributed by atoms with Gasteiger partial charge in [-0.05, 0) is 49.2 Å². The number of alkyl halides is 3. The van der Waals surface area contributed by atoms with E-state index >= 15 is 0 Å². The zero-order chi connectivity index (χ0) is 24.2. The van der Waals surface area contributed by atoms with Gasteiger partial charge in [-0.3, -0.25) is 0 Å². The SMILES string of the molecule is CCCc1ccc(Nc2nc(N)c(C#N)c(C)c2N=Nc2ccc(F)cc2C(F)(F)F)cc1. The molecule has 0 atom stereocenters. The van der Waals surface area contributed by atoms with Crippen LogP contribution in [0.4, 0.5) is 46.3 Å². The Balaban J connectivity index is 2.07. The van der Waals surface area contributed by atoms with E-state index in [2.05, 4.69) is 27.5 Å². The van der Waals surface area contributed by atoms with E-state index in [4.69, 9.17) is 5.73 Å². The van der Waals surface area contributed by atoms with Crippen LogP contribution in [0, 0.1) is 24.1 Å².